The minimum atomic E-state index is -0.493. The van der Waals surface area contributed by atoms with Crippen molar-refractivity contribution in [2.24, 2.45) is 11.7 Å². The van der Waals surface area contributed by atoms with E-state index in [1.54, 1.807) is 6.07 Å². The molecule has 1 fully saturated rings. The molecule has 2 rings (SSSR count). The Morgan fingerprint density at radius 2 is 2.25 bits per heavy atom. The zero-order valence-corrected chi connectivity index (χ0v) is 8.52. The van der Waals surface area contributed by atoms with Crippen LogP contribution in [0.3, 0.4) is 0 Å². The lowest BCUT2D eigenvalue weighted by Crippen LogP contribution is -2.28. The summed E-state index contributed by atoms with van der Waals surface area (Å²) in [6, 6.07) is 5.72. The molecule has 2 N–H and O–H groups in total. The van der Waals surface area contributed by atoms with E-state index in [1.807, 2.05) is 0 Å². The van der Waals surface area contributed by atoms with Gasteiger partial charge >= 0.3 is 0 Å². The smallest absolute Gasteiger partial charge is 0.227 e. The maximum absolute atomic E-state index is 13.0. The fourth-order valence-electron chi connectivity index (χ4n) is 1.79. The number of anilines is 1. The molecule has 0 aromatic heterocycles. The molecule has 5 heteroatoms. The molecule has 0 unspecified atom stereocenters. The van der Waals surface area contributed by atoms with Gasteiger partial charge in [0.2, 0.25) is 11.8 Å². The average molecular weight is 222 g/mol. The Bertz CT molecular complexity index is 447. The van der Waals surface area contributed by atoms with Crippen LogP contribution in [0.5, 0.6) is 0 Å². The molecule has 84 valence electrons. The summed E-state index contributed by atoms with van der Waals surface area (Å²) in [6.07, 6.45) is 0.103. The summed E-state index contributed by atoms with van der Waals surface area (Å²) in [5.41, 5.74) is 5.60. The molecule has 4 nitrogen and oxygen atoms in total. The van der Waals surface area contributed by atoms with E-state index in [0.717, 1.165) is 0 Å². The summed E-state index contributed by atoms with van der Waals surface area (Å²) < 4.78 is 13.0. The van der Waals surface area contributed by atoms with Crippen LogP contribution in [0, 0.1) is 11.7 Å². The summed E-state index contributed by atoms with van der Waals surface area (Å²) in [5, 5.41) is 0. The van der Waals surface area contributed by atoms with E-state index in [9.17, 15) is 14.0 Å². The van der Waals surface area contributed by atoms with Crippen molar-refractivity contribution in [3.05, 3.63) is 30.1 Å². The van der Waals surface area contributed by atoms with Crippen LogP contribution in [0.25, 0.3) is 0 Å². The van der Waals surface area contributed by atoms with Crippen LogP contribution >= 0.6 is 0 Å². The van der Waals surface area contributed by atoms with Crippen molar-refractivity contribution in [2.75, 3.05) is 11.4 Å². The maximum Gasteiger partial charge on any atom is 0.227 e. The molecule has 1 atom stereocenters. The van der Waals surface area contributed by atoms with Crippen LogP contribution in [-0.4, -0.2) is 18.4 Å². The maximum atomic E-state index is 13.0. The van der Waals surface area contributed by atoms with Crippen LogP contribution in [0.15, 0.2) is 24.3 Å². The second kappa shape index (κ2) is 3.92. The van der Waals surface area contributed by atoms with Crippen LogP contribution < -0.4 is 10.6 Å². The summed E-state index contributed by atoms with van der Waals surface area (Å²) in [6.45, 7) is 0.234. The van der Waals surface area contributed by atoms with Gasteiger partial charge in [0.1, 0.15) is 5.82 Å². The average Bonchev–Trinajstić information content (AvgIpc) is 2.60. The molecule has 16 heavy (non-hydrogen) atoms. The Morgan fingerprint density at radius 3 is 2.81 bits per heavy atom. The fourth-order valence-corrected chi connectivity index (χ4v) is 1.79. The molecule has 0 radical (unpaired) electrons. The van der Waals surface area contributed by atoms with Crippen LogP contribution in [0.1, 0.15) is 6.42 Å². The Kier molecular flexibility index (Phi) is 2.60. The molecule has 1 aromatic rings. The number of amides is 2. The van der Waals surface area contributed by atoms with Crippen molar-refractivity contribution in [3.63, 3.8) is 0 Å². The summed E-state index contributed by atoms with van der Waals surface area (Å²) in [5.74, 6) is -1.58. The van der Waals surface area contributed by atoms with Crippen molar-refractivity contribution in [2.45, 2.75) is 6.42 Å². The zero-order chi connectivity index (χ0) is 11.7. The fraction of sp³-hybridized carbons (Fsp3) is 0.273. The van der Waals surface area contributed by atoms with Crippen molar-refractivity contribution >= 4 is 17.5 Å². The quantitative estimate of drug-likeness (QED) is 0.799. The molecule has 1 heterocycles. The highest BCUT2D eigenvalue weighted by Crippen LogP contribution is 2.25. The SMILES string of the molecule is NC(=O)[C@@H]1CC(=O)N(c2cccc(F)c2)C1. The topological polar surface area (TPSA) is 63.4 Å². The van der Waals surface area contributed by atoms with Gasteiger partial charge in [-0.25, -0.2) is 4.39 Å². The predicted molar refractivity (Wildman–Crippen MR) is 56.1 cm³/mol. The Balaban J connectivity index is 2.23. The van der Waals surface area contributed by atoms with E-state index in [4.69, 9.17) is 5.73 Å². The van der Waals surface area contributed by atoms with E-state index < -0.39 is 17.6 Å². The molecule has 0 spiro atoms. The lowest BCUT2D eigenvalue weighted by Gasteiger charge is -2.15. The number of nitrogens with zero attached hydrogens (tertiary/aromatic N) is 1. The van der Waals surface area contributed by atoms with Crippen LogP contribution in [-0.2, 0) is 9.59 Å². The second-order valence-electron chi connectivity index (χ2n) is 3.79. The van der Waals surface area contributed by atoms with E-state index in [-0.39, 0.29) is 18.9 Å². The zero-order valence-electron chi connectivity index (χ0n) is 8.52. The second-order valence-corrected chi connectivity index (χ2v) is 3.79. The highest BCUT2D eigenvalue weighted by Gasteiger charge is 2.33. The number of halogens is 1. The largest absolute Gasteiger partial charge is 0.369 e. The minimum absolute atomic E-state index is 0.103. The van der Waals surface area contributed by atoms with Gasteiger partial charge in [-0.15, -0.1) is 0 Å². The molecule has 1 aromatic carbocycles. The Hall–Kier alpha value is -1.91. The molecule has 2 amide bonds. The molecule has 0 aliphatic carbocycles. The number of benzene rings is 1. The first-order valence-electron chi connectivity index (χ1n) is 4.93. The van der Waals surface area contributed by atoms with Gasteiger partial charge in [0, 0.05) is 18.7 Å². The van der Waals surface area contributed by atoms with Crippen LogP contribution in [0.4, 0.5) is 10.1 Å². The molecule has 0 bridgehead atoms. The monoisotopic (exact) mass is 222 g/mol. The number of hydrogen-bond donors (Lipinski definition) is 1. The van der Waals surface area contributed by atoms with Crippen molar-refractivity contribution in [1.82, 2.24) is 0 Å². The first-order valence-corrected chi connectivity index (χ1v) is 4.93. The summed E-state index contributed by atoms with van der Waals surface area (Å²) in [4.78, 5) is 23.9. The van der Waals surface area contributed by atoms with Crippen molar-refractivity contribution < 1.29 is 14.0 Å². The van der Waals surface area contributed by atoms with E-state index in [0.29, 0.717) is 5.69 Å². The molecule has 0 saturated carbocycles. The Morgan fingerprint density at radius 1 is 1.50 bits per heavy atom. The van der Waals surface area contributed by atoms with Gasteiger partial charge in [0.25, 0.3) is 0 Å². The first kappa shape index (κ1) is 10.6. The van der Waals surface area contributed by atoms with Gasteiger partial charge in [-0.2, -0.15) is 0 Å². The van der Waals surface area contributed by atoms with Gasteiger partial charge in [0.05, 0.1) is 5.92 Å². The first-order chi connectivity index (χ1) is 7.58. The van der Waals surface area contributed by atoms with Gasteiger partial charge in [0.15, 0.2) is 0 Å². The van der Waals surface area contributed by atoms with Gasteiger partial charge < -0.3 is 10.6 Å². The van der Waals surface area contributed by atoms with Crippen molar-refractivity contribution in [3.8, 4) is 0 Å². The molecular formula is C11H11FN2O2. The van der Waals surface area contributed by atoms with Crippen LogP contribution in [0.2, 0.25) is 0 Å². The molecule has 1 aliphatic rings. The summed E-state index contributed by atoms with van der Waals surface area (Å²) in [7, 11) is 0. The highest BCUT2D eigenvalue weighted by atomic mass is 19.1. The number of hydrogen-bond acceptors (Lipinski definition) is 2. The van der Waals surface area contributed by atoms with Gasteiger partial charge in [-0.1, -0.05) is 6.07 Å². The predicted octanol–water partition coefficient (Wildman–Crippen LogP) is 0.664. The normalized spacial score (nSPS) is 20.2. The van der Waals surface area contributed by atoms with E-state index >= 15 is 0 Å². The lowest BCUT2D eigenvalue weighted by molar-refractivity contribution is -0.123. The third-order valence-electron chi connectivity index (χ3n) is 2.65. The highest BCUT2D eigenvalue weighted by molar-refractivity contribution is 5.99. The number of primary amides is 1. The standard InChI is InChI=1S/C11H11FN2O2/c12-8-2-1-3-9(5-8)14-6-7(11(13)16)4-10(14)15/h1-3,5,7H,4,6H2,(H2,13,16)/t7-/m1/s1. The van der Waals surface area contributed by atoms with E-state index in [2.05, 4.69) is 0 Å². The third-order valence-corrected chi connectivity index (χ3v) is 2.65. The number of rotatable bonds is 2. The van der Waals surface area contributed by atoms with E-state index in [1.165, 1.54) is 23.1 Å². The summed E-state index contributed by atoms with van der Waals surface area (Å²) >= 11 is 0. The third kappa shape index (κ3) is 1.88. The number of carbonyl (C=O) groups is 2. The lowest BCUT2D eigenvalue weighted by atomic mass is 10.1. The number of carbonyl (C=O) groups excluding carboxylic acids is 2. The molecule has 1 saturated heterocycles. The van der Waals surface area contributed by atoms with Gasteiger partial charge in [-0.3, -0.25) is 9.59 Å². The van der Waals surface area contributed by atoms with Gasteiger partial charge in [-0.05, 0) is 18.2 Å². The molecule has 1 aliphatic heterocycles. The Labute approximate surface area is 91.8 Å². The van der Waals surface area contributed by atoms with Crippen molar-refractivity contribution in [1.29, 1.82) is 0 Å². The number of nitrogens with two attached hydrogens (primary N) is 1. The minimum Gasteiger partial charge on any atom is -0.369 e. The molecular weight excluding hydrogens is 211 g/mol.